The Morgan fingerprint density at radius 1 is 1.32 bits per heavy atom. The summed E-state index contributed by atoms with van der Waals surface area (Å²) in [5.74, 6) is -3.87. The van der Waals surface area contributed by atoms with Crippen LogP contribution < -0.4 is 10.2 Å². The molecule has 0 bridgehead atoms. The van der Waals surface area contributed by atoms with Gasteiger partial charge >= 0.3 is 6.18 Å². The van der Waals surface area contributed by atoms with Crippen LogP contribution in [0.1, 0.15) is 5.56 Å². The van der Waals surface area contributed by atoms with Gasteiger partial charge in [0, 0.05) is 6.20 Å². The number of benzene rings is 1. The van der Waals surface area contributed by atoms with Gasteiger partial charge in [-0.2, -0.15) is 17.6 Å². The van der Waals surface area contributed by atoms with E-state index in [0.717, 1.165) is 7.11 Å². The summed E-state index contributed by atoms with van der Waals surface area (Å²) < 4.78 is 70.0. The van der Waals surface area contributed by atoms with E-state index in [2.05, 4.69) is 4.74 Å². The van der Waals surface area contributed by atoms with Crippen molar-refractivity contribution in [3.05, 3.63) is 39.7 Å². The van der Waals surface area contributed by atoms with Crippen LogP contribution in [0.25, 0.3) is 10.9 Å². The first-order valence-corrected chi connectivity index (χ1v) is 5.73. The van der Waals surface area contributed by atoms with Crippen molar-refractivity contribution in [2.24, 2.45) is 0 Å². The molecule has 0 aliphatic carbocycles. The number of hydrogen-bond acceptors (Lipinski definition) is 3. The highest BCUT2D eigenvalue weighted by molar-refractivity contribution is 5.90. The number of carbonyl (C=O) groups excluding carboxylic acids is 1. The first-order chi connectivity index (χ1) is 10.2. The Morgan fingerprint density at radius 3 is 2.45 bits per heavy atom. The Balaban J connectivity index is 2.99. The summed E-state index contributed by atoms with van der Waals surface area (Å²) in [4.78, 5) is 22.6. The maximum absolute atomic E-state index is 13.7. The van der Waals surface area contributed by atoms with Crippen LogP contribution in [0.2, 0.25) is 0 Å². The predicted molar refractivity (Wildman–Crippen MR) is 65.5 cm³/mol. The molecule has 2 aromatic rings. The molecule has 4 nitrogen and oxygen atoms in total. The molecule has 1 aromatic carbocycles. The van der Waals surface area contributed by atoms with Crippen molar-refractivity contribution in [2.75, 3.05) is 7.11 Å². The van der Waals surface area contributed by atoms with Crippen LogP contribution in [-0.2, 0) is 11.3 Å². The molecule has 0 unspecified atom stereocenters. The van der Waals surface area contributed by atoms with Gasteiger partial charge in [0.25, 0.3) is 0 Å². The first-order valence-electron chi connectivity index (χ1n) is 5.73. The number of fused-ring (bicyclic) bond motifs is 1. The summed E-state index contributed by atoms with van der Waals surface area (Å²) in [6, 6.07) is 0.420. The summed E-state index contributed by atoms with van der Waals surface area (Å²) in [7, 11) is 0.916. The largest absolute Gasteiger partial charge is 0.491 e. The van der Waals surface area contributed by atoms with Gasteiger partial charge in [0.15, 0.2) is 11.6 Å². The number of nitrogens with zero attached hydrogens (tertiary/aromatic N) is 1. The van der Waals surface area contributed by atoms with Crippen molar-refractivity contribution >= 4 is 17.2 Å². The van der Waals surface area contributed by atoms with Crippen LogP contribution in [0, 0.1) is 11.6 Å². The summed E-state index contributed by atoms with van der Waals surface area (Å²) in [5, 5.41) is -0.610. The average molecular weight is 320 g/mol. The molecule has 0 aliphatic heterocycles. The molecular formula is C13H7F5NO3. The van der Waals surface area contributed by atoms with Crippen molar-refractivity contribution in [3.63, 3.8) is 0 Å². The molecule has 0 saturated heterocycles. The summed E-state index contributed by atoms with van der Waals surface area (Å²) >= 11 is 0. The van der Waals surface area contributed by atoms with Crippen LogP contribution in [0.4, 0.5) is 22.0 Å². The van der Waals surface area contributed by atoms with E-state index in [4.69, 9.17) is 0 Å². The second-order valence-corrected chi connectivity index (χ2v) is 4.32. The molecule has 1 heterocycles. The van der Waals surface area contributed by atoms with Gasteiger partial charge < -0.3 is 9.30 Å². The predicted octanol–water partition coefficient (Wildman–Crippen LogP) is 2.31. The second-order valence-electron chi connectivity index (χ2n) is 4.32. The van der Waals surface area contributed by atoms with Gasteiger partial charge in [0.1, 0.15) is 6.54 Å². The lowest BCUT2D eigenvalue weighted by molar-refractivity contribution is -0.140. The second kappa shape index (κ2) is 5.39. The van der Waals surface area contributed by atoms with Gasteiger partial charge in [-0.15, -0.1) is 0 Å². The number of ether oxygens (including phenoxy) is 1. The summed E-state index contributed by atoms with van der Waals surface area (Å²) in [6.45, 7) is -1.63. The molecule has 9 heteroatoms. The highest BCUT2D eigenvalue weighted by atomic mass is 19.4. The van der Waals surface area contributed by atoms with Gasteiger partial charge in [0.05, 0.1) is 23.6 Å². The van der Waals surface area contributed by atoms with Crippen molar-refractivity contribution < 1.29 is 31.5 Å². The van der Waals surface area contributed by atoms with E-state index in [9.17, 15) is 31.5 Å². The standard InChI is InChI=1S/C13H7F5NO3/c1-22-12-9(15)8(14)2-7-10(12)19(5-13(16,17)18)3-6(4-20)11(7)21/h2-3H,5H2,1H3. The fraction of sp³-hybridized carbons (Fsp3) is 0.231. The lowest BCUT2D eigenvalue weighted by Gasteiger charge is -2.16. The number of halogens is 5. The molecule has 0 spiro atoms. The number of alkyl halides is 3. The quantitative estimate of drug-likeness (QED) is 0.816. The fourth-order valence-corrected chi connectivity index (χ4v) is 2.05. The van der Waals surface area contributed by atoms with Crippen LogP contribution in [-0.4, -0.2) is 24.1 Å². The van der Waals surface area contributed by atoms with E-state index in [1.54, 1.807) is 0 Å². The molecule has 22 heavy (non-hydrogen) atoms. The molecule has 2 rings (SSSR count). The van der Waals surface area contributed by atoms with Gasteiger partial charge in [-0.1, -0.05) is 0 Å². The molecule has 1 radical (unpaired) electrons. The highest BCUT2D eigenvalue weighted by Crippen LogP contribution is 2.31. The zero-order valence-corrected chi connectivity index (χ0v) is 10.9. The lowest BCUT2D eigenvalue weighted by Crippen LogP contribution is -2.23. The molecule has 0 fully saturated rings. The molecule has 0 N–H and O–H groups in total. The van der Waals surface area contributed by atoms with Crippen molar-refractivity contribution in [1.29, 1.82) is 0 Å². The number of aromatic nitrogens is 1. The smallest absolute Gasteiger partial charge is 0.406 e. The molecule has 0 aliphatic rings. The zero-order valence-electron chi connectivity index (χ0n) is 10.9. The monoisotopic (exact) mass is 320 g/mol. The molecule has 0 atom stereocenters. The molecular weight excluding hydrogens is 313 g/mol. The Bertz CT molecular complexity index is 810. The third-order valence-corrected chi connectivity index (χ3v) is 2.88. The van der Waals surface area contributed by atoms with Crippen LogP contribution in [0.3, 0.4) is 0 Å². The fourth-order valence-electron chi connectivity index (χ4n) is 2.05. The zero-order chi connectivity index (χ0) is 16.7. The van der Waals surface area contributed by atoms with Gasteiger partial charge in [-0.25, -0.2) is 4.39 Å². The Kier molecular flexibility index (Phi) is 3.90. The number of hydrogen-bond donors (Lipinski definition) is 0. The number of rotatable bonds is 3. The van der Waals surface area contributed by atoms with Crippen molar-refractivity contribution in [1.82, 2.24) is 4.57 Å². The minimum absolute atomic E-state index is 0.401. The van der Waals surface area contributed by atoms with Crippen molar-refractivity contribution in [2.45, 2.75) is 12.7 Å². The topological polar surface area (TPSA) is 48.3 Å². The molecule has 0 amide bonds. The van der Waals surface area contributed by atoms with E-state index in [0.29, 0.717) is 16.8 Å². The van der Waals surface area contributed by atoms with Gasteiger partial charge in [-0.05, 0) is 6.07 Å². The van der Waals surface area contributed by atoms with Gasteiger partial charge in [-0.3, -0.25) is 9.59 Å². The third-order valence-electron chi connectivity index (χ3n) is 2.88. The maximum Gasteiger partial charge on any atom is 0.406 e. The minimum Gasteiger partial charge on any atom is -0.491 e. The average Bonchev–Trinajstić information content (AvgIpc) is 2.42. The molecule has 0 saturated carbocycles. The van der Waals surface area contributed by atoms with E-state index < -0.39 is 52.0 Å². The van der Waals surface area contributed by atoms with E-state index in [1.807, 2.05) is 0 Å². The Hall–Kier alpha value is -2.45. The van der Waals surface area contributed by atoms with E-state index in [1.165, 1.54) is 6.29 Å². The Morgan fingerprint density at radius 2 is 1.95 bits per heavy atom. The molecule has 117 valence electrons. The van der Waals surface area contributed by atoms with E-state index >= 15 is 0 Å². The van der Waals surface area contributed by atoms with E-state index in [-0.39, 0.29) is 0 Å². The number of methoxy groups -OCH3 is 1. The normalized spacial score (nSPS) is 11.7. The SMILES string of the molecule is COc1c(F)c(F)cc2c(=O)c([C]=O)cn(CC(F)(F)F)c12. The maximum atomic E-state index is 13.7. The lowest BCUT2D eigenvalue weighted by atomic mass is 10.1. The third kappa shape index (κ3) is 2.66. The summed E-state index contributed by atoms with van der Waals surface area (Å²) in [6.07, 6.45) is -2.97. The van der Waals surface area contributed by atoms with Crippen molar-refractivity contribution in [3.8, 4) is 5.75 Å². The van der Waals surface area contributed by atoms with Gasteiger partial charge in [0.2, 0.25) is 17.5 Å². The Labute approximate surface area is 119 Å². The van der Waals surface area contributed by atoms with Crippen LogP contribution >= 0.6 is 0 Å². The minimum atomic E-state index is -4.72. The highest BCUT2D eigenvalue weighted by Gasteiger charge is 2.30. The number of pyridine rings is 1. The first kappa shape index (κ1) is 15.9. The summed E-state index contributed by atoms with van der Waals surface area (Å²) in [5.41, 5.74) is -2.40. The molecule has 1 aromatic heterocycles. The van der Waals surface area contributed by atoms with Crippen LogP contribution in [0.5, 0.6) is 5.75 Å². The van der Waals surface area contributed by atoms with Crippen LogP contribution in [0.15, 0.2) is 17.1 Å².